The molecule has 0 saturated heterocycles. The maximum atomic E-state index is 5.58. The van der Waals surface area contributed by atoms with Gasteiger partial charge in [0.2, 0.25) is 6.79 Å². The van der Waals surface area contributed by atoms with E-state index in [1.54, 1.807) is 31.0 Å². The standard InChI is InChI=1S/C22H16N2O3S/c1-24-12-23-11-15(24)5-8-17-18-9-19-20(27-13-26-19)10-21(18)28-22(17)14-3-6-16(25-2)7-4-14/h3-4,6-7,9-12H,13H2,1-2H3. The molecule has 4 aromatic rings. The van der Waals surface area contributed by atoms with Gasteiger partial charge in [0, 0.05) is 23.2 Å². The molecule has 1 aliphatic rings. The van der Waals surface area contributed by atoms with Crippen LogP contribution in [-0.4, -0.2) is 23.5 Å². The van der Waals surface area contributed by atoms with Gasteiger partial charge >= 0.3 is 0 Å². The molecule has 0 fully saturated rings. The van der Waals surface area contributed by atoms with Gasteiger partial charge in [0.25, 0.3) is 0 Å². The number of nitrogens with zero attached hydrogens (tertiary/aromatic N) is 2. The van der Waals surface area contributed by atoms with Crippen LogP contribution in [0.15, 0.2) is 48.9 Å². The lowest BCUT2D eigenvalue weighted by molar-refractivity contribution is 0.174. The van der Waals surface area contributed by atoms with E-state index in [0.717, 1.165) is 49.0 Å². The van der Waals surface area contributed by atoms with E-state index in [-0.39, 0.29) is 6.79 Å². The Morgan fingerprint density at radius 2 is 1.89 bits per heavy atom. The zero-order valence-electron chi connectivity index (χ0n) is 15.4. The molecule has 5 nitrogen and oxygen atoms in total. The molecule has 0 amide bonds. The van der Waals surface area contributed by atoms with Crippen molar-refractivity contribution < 1.29 is 14.2 Å². The van der Waals surface area contributed by atoms with Crippen molar-refractivity contribution in [2.75, 3.05) is 13.9 Å². The summed E-state index contributed by atoms with van der Waals surface area (Å²) in [5.41, 5.74) is 2.93. The number of methoxy groups -OCH3 is 1. The molecule has 0 atom stereocenters. The second kappa shape index (κ2) is 6.63. The number of benzene rings is 2. The van der Waals surface area contributed by atoms with Crippen LogP contribution in [0.4, 0.5) is 0 Å². The molecular formula is C22H16N2O3S. The first-order chi connectivity index (χ1) is 13.7. The van der Waals surface area contributed by atoms with Gasteiger partial charge in [-0.3, -0.25) is 0 Å². The van der Waals surface area contributed by atoms with Gasteiger partial charge in [-0.2, -0.15) is 0 Å². The Kier molecular flexibility index (Phi) is 3.96. The first-order valence-corrected chi connectivity index (χ1v) is 9.53. The lowest BCUT2D eigenvalue weighted by atomic mass is 10.1. The normalized spacial score (nSPS) is 12.1. The predicted molar refractivity (Wildman–Crippen MR) is 109 cm³/mol. The van der Waals surface area contributed by atoms with Gasteiger partial charge < -0.3 is 18.8 Å². The van der Waals surface area contributed by atoms with Crippen LogP contribution in [0.5, 0.6) is 17.2 Å². The van der Waals surface area contributed by atoms with Crippen LogP contribution in [0, 0.1) is 11.8 Å². The molecule has 0 radical (unpaired) electrons. The summed E-state index contributed by atoms with van der Waals surface area (Å²) in [5, 5.41) is 1.06. The van der Waals surface area contributed by atoms with Gasteiger partial charge in [-0.1, -0.05) is 5.92 Å². The van der Waals surface area contributed by atoms with Gasteiger partial charge in [-0.05, 0) is 41.8 Å². The number of rotatable bonds is 2. The number of aromatic nitrogens is 2. The summed E-state index contributed by atoms with van der Waals surface area (Å²) in [4.78, 5) is 5.25. The van der Waals surface area contributed by atoms with Crippen molar-refractivity contribution in [2.24, 2.45) is 7.05 Å². The highest BCUT2D eigenvalue weighted by Gasteiger charge is 2.19. The molecule has 0 saturated carbocycles. The van der Waals surface area contributed by atoms with Crippen LogP contribution in [0.1, 0.15) is 11.3 Å². The highest BCUT2D eigenvalue weighted by molar-refractivity contribution is 7.22. The lowest BCUT2D eigenvalue weighted by Crippen LogP contribution is -1.92. The molecule has 138 valence electrons. The fourth-order valence-electron chi connectivity index (χ4n) is 3.16. The zero-order chi connectivity index (χ0) is 19.1. The van der Waals surface area contributed by atoms with Gasteiger partial charge in [-0.25, -0.2) is 4.98 Å². The molecule has 0 unspecified atom stereocenters. The van der Waals surface area contributed by atoms with Crippen LogP contribution in [0.2, 0.25) is 0 Å². The van der Waals surface area contributed by atoms with Gasteiger partial charge in [0.1, 0.15) is 11.4 Å². The van der Waals surface area contributed by atoms with E-state index in [1.165, 1.54) is 0 Å². The third-order valence-electron chi connectivity index (χ3n) is 4.67. The Morgan fingerprint density at radius 1 is 1.11 bits per heavy atom. The van der Waals surface area contributed by atoms with Gasteiger partial charge in [0.05, 0.1) is 30.1 Å². The largest absolute Gasteiger partial charge is 0.497 e. The number of thiophene rings is 1. The van der Waals surface area contributed by atoms with Gasteiger partial charge in [-0.15, -0.1) is 11.3 Å². The number of aryl methyl sites for hydroxylation is 1. The molecule has 5 rings (SSSR count). The third-order valence-corrected chi connectivity index (χ3v) is 5.87. The van der Waals surface area contributed by atoms with Gasteiger partial charge in [0.15, 0.2) is 11.5 Å². The van der Waals surface area contributed by atoms with Crippen molar-refractivity contribution in [3.8, 4) is 39.5 Å². The maximum absolute atomic E-state index is 5.58. The number of fused-ring (bicyclic) bond motifs is 2. The smallest absolute Gasteiger partial charge is 0.231 e. The second-order valence-corrected chi connectivity index (χ2v) is 7.43. The molecule has 0 aliphatic carbocycles. The van der Waals surface area contributed by atoms with Crippen LogP contribution < -0.4 is 14.2 Å². The Labute approximate surface area is 166 Å². The summed E-state index contributed by atoms with van der Waals surface area (Å²) < 4.78 is 19.4. The van der Waals surface area contributed by atoms with Crippen LogP contribution in [0.3, 0.4) is 0 Å². The van der Waals surface area contributed by atoms with E-state index in [4.69, 9.17) is 14.2 Å². The molecule has 0 spiro atoms. The minimum Gasteiger partial charge on any atom is -0.497 e. The molecule has 1 aliphatic heterocycles. The van der Waals surface area contributed by atoms with Crippen molar-refractivity contribution in [2.45, 2.75) is 0 Å². The Bertz CT molecular complexity index is 1240. The molecule has 6 heteroatoms. The fourth-order valence-corrected chi connectivity index (χ4v) is 4.33. The van der Waals surface area contributed by atoms with E-state index in [1.807, 2.05) is 35.9 Å². The minimum absolute atomic E-state index is 0.258. The summed E-state index contributed by atoms with van der Waals surface area (Å²) in [6.07, 6.45) is 3.52. The van der Waals surface area contributed by atoms with Crippen molar-refractivity contribution in [1.82, 2.24) is 9.55 Å². The Balaban J connectivity index is 1.72. The first kappa shape index (κ1) is 16.7. The summed E-state index contributed by atoms with van der Waals surface area (Å²) >= 11 is 1.70. The van der Waals surface area contributed by atoms with E-state index in [0.29, 0.717) is 0 Å². The quantitative estimate of drug-likeness (QED) is 0.476. The number of hydrogen-bond donors (Lipinski definition) is 0. The topological polar surface area (TPSA) is 45.5 Å². The predicted octanol–water partition coefficient (Wildman–Crippen LogP) is 4.44. The average Bonchev–Trinajstić information content (AvgIpc) is 3.43. The molecule has 2 aromatic carbocycles. The fraction of sp³-hybridized carbons (Fsp3) is 0.136. The SMILES string of the molecule is COc1ccc(-c2sc3cc4c(cc3c2C#Cc2cncn2C)OCO4)cc1. The average molecular weight is 388 g/mol. The van der Waals surface area contributed by atoms with Crippen molar-refractivity contribution in [3.05, 3.63) is 60.2 Å². The first-order valence-electron chi connectivity index (χ1n) is 8.72. The van der Waals surface area contributed by atoms with Crippen LogP contribution in [0.25, 0.3) is 20.5 Å². The molecular weight excluding hydrogens is 372 g/mol. The highest BCUT2D eigenvalue weighted by atomic mass is 32.1. The third kappa shape index (κ3) is 2.77. The number of ether oxygens (including phenoxy) is 3. The number of imidazole rings is 1. The minimum atomic E-state index is 0.258. The van der Waals surface area contributed by atoms with E-state index < -0.39 is 0 Å². The summed E-state index contributed by atoms with van der Waals surface area (Å²) in [7, 11) is 3.60. The summed E-state index contributed by atoms with van der Waals surface area (Å²) in [6.45, 7) is 0.258. The monoisotopic (exact) mass is 388 g/mol. The van der Waals surface area contributed by atoms with Crippen LogP contribution >= 0.6 is 11.3 Å². The van der Waals surface area contributed by atoms with Crippen molar-refractivity contribution in [1.29, 1.82) is 0 Å². The Morgan fingerprint density at radius 3 is 2.61 bits per heavy atom. The molecule has 28 heavy (non-hydrogen) atoms. The van der Waals surface area contributed by atoms with E-state index in [2.05, 4.69) is 29.0 Å². The zero-order valence-corrected chi connectivity index (χ0v) is 16.2. The van der Waals surface area contributed by atoms with E-state index in [9.17, 15) is 0 Å². The highest BCUT2D eigenvalue weighted by Crippen LogP contribution is 2.44. The molecule has 0 bridgehead atoms. The second-order valence-electron chi connectivity index (χ2n) is 6.38. The van der Waals surface area contributed by atoms with Crippen molar-refractivity contribution >= 4 is 21.4 Å². The summed E-state index contributed by atoms with van der Waals surface area (Å²) in [6, 6.07) is 12.1. The lowest BCUT2D eigenvalue weighted by Gasteiger charge is -2.02. The summed E-state index contributed by atoms with van der Waals surface area (Å²) in [5.74, 6) is 8.98. The molecule has 3 heterocycles. The maximum Gasteiger partial charge on any atom is 0.231 e. The molecule has 0 N–H and O–H groups in total. The van der Waals surface area contributed by atoms with Crippen LogP contribution in [-0.2, 0) is 7.05 Å². The molecule has 2 aromatic heterocycles. The number of hydrogen-bond acceptors (Lipinski definition) is 5. The van der Waals surface area contributed by atoms with Crippen molar-refractivity contribution in [3.63, 3.8) is 0 Å². The Hall–Kier alpha value is -3.43. The van der Waals surface area contributed by atoms with E-state index >= 15 is 0 Å².